The average molecular weight is 439 g/mol. The molecule has 0 radical (unpaired) electrons. The molecule has 158 valence electrons. The third-order valence-corrected chi connectivity index (χ3v) is 5.19. The second kappa shape index (κ2) is 8.29. The minimum Gasteiger partial charge on any atom is -0.493 e. The van der Waals surface area contributed by atoms with Crippen LogP contribution in [-0.2, 0) is 0 Å². The number of methoxy groups -OCH3 is 2. The van der Waals surface area contributed by atoms with E-state index in [4.69, 9.17) is 31.5 Å². The molecule has 1 unspecified atom stereocenters. The van der Waals surface area contributed by atoms with Crippen molar-refractivity contribution < 1.29 is 24.1 Å². The number of aromatic nitrogens is 1. The van der Waals surface area contributed by atoms with Crippen molar-refractivity contribution in [2.24, 2.45) is 5.73 Å². The number of pyridine rings is 1. The number of amides is 1. The number of aliphatic hydroxyl groups is 1. The Morgan fingerprint density at radius 2 is 1.81 bits per heavy atom. The van der Waals surface area contributed by atoms with Gasteiger partial charge in [-0.2, -0.15) is 0 Å². The Morgan fingerprint density at radius 1 is 1.06 bits per heavy atom. The Hall–Kier alpha value is -3.55. The molecule has 31 heavy (non-hydrogen) atoms. The van der Waals surface area contributed by atoms with E-state index in [9.17, 15) is 9.90 Å². The smallest absolute Gasteiger partial charge is 0.254 e. The van der Waals surface area contributed by atoms with E-state index >= 15 is 0 Å². The first-order valence-electron chi connectivity index (χ1n) is 9.30. The van der Waals surface area contributed by atoms with Gasteiger partial charge in [-0.15, -0.1) is 0 Å². The van der Waals surface area contributed by atoms with Crippen LogP contribution in [-0.4, -0.2) is 30.2 Å². The summed E-state index contributed by atoms with van der Waals surface area (Å²) >= 11 is 5.87. The lowest BCUT2D eigenvalue weighted by Gasteiger charge is -2.15. The zero-order valence-corrected chi connectivity index (χ0v) is 17.5. The molecule has 1 heterocycles. The second-order valence-electron chi connectivity index (χ2n) is 6.76. The topological polar surface area (TPSA) is 104 Å². The molecule has 0 bridgehead atoms. The molecule has 0 aliphatic carbocycles. The molecule has 4 rings (SSSR count). The number of primary amides is 1. The van der Waals surface area contributed by atoms with Crippen LogP contribution in [0.4, 0.5) is 0 Å². The van der Waals surface area contributed by atoms with Crippen LogP contribution in [0.25, 0.3) is 21.7 Å². The lowest BCUT2D eigenvalue weighted by molar-refractivity contribution is 0.0998. The van der Waals surface area contributed by atoms with Gasteiger partial charge in [0.2, 0.25) is 0 Å². The normalized spacial score (nSPS) is 12.0. The van der Waals surface area contributed by atoms with Crippen molar-refractivity contribution in [1.29, 1.82) is 0 Å². The lowest BCUT2D eigenvalue weighted by Crippen LogP contribution is -2.13. The standard InChI is InChI=1S/C23H19ClN2O5/c1-29-19-9-16-18(10-20(19)30-2)26-11-17(23(25)28)21(16)31-13-6-7-14-12(8-13)4-3-5-15(14)22(24)27/h3-11,22,27H,1-2H3,(H2,25,28). The molecule has 1 amide bonds. The summed E-state index contributed by atoms with van der Waals surface area (Å²) in [4.78, 5) is 16.4. The predicted molar refractivity (Wildman–Crippen MR) is 118 cm³/mol. The molecule has 1 aromatic heterocycles. The number of carbonyl (C=O) groups is 1. The monoisotopic (exact) mass is 438 g/mol. The van der Waals surface area contributed by atoms with Gasteiger partial charge in [-0.3, -0.25) is 9.78 Å². The van der Waals surface area contributed by atoms with Crippen molar-refractivity contribution in [1.82, 2.24) is 4.98 Å². The predicted octanol–water partition coefficient (Wildman–Crippen LogP) is 4.53. The van der Waals surface area contributed by atoms with Crippen LogP contribution in [0.3, 0.4) is 0 Å². The summed E-state index contributed by atoms with van der Waals surface area (Å²) in [5, 5.41) is 11.9. The highest BCUT2D eigenvalue weighted by molar-refractivity contribution is 6.20. The number of nitrogens with zero attached hydrogens (tertiary/aromatic N) is 1. The van der Waals surface area contributed by atoms with Crippen molar-refractivity contribution in [2.45, 2.75) is 5.56 Å². The van der Waals surface area contributed by atoms with Gasteiger partial charge in [0.05, 0.1) is 19.7 Å². The van der Waals surface area contributed by atoms with Gasteiger partial charge in [0.15, 0.2) is 22.8 Å². The van der Waals surface area contributed by atoms with Gasteiger partial charge in [0.25, 0.3) is 5.91 Å². The van der Waals surface area contributed by atoms with Crippen LogP contribution in [0.1, 0.15) is 21.5 Å². The van der Waals surface area contributed by atoms with Crippen LogP contribution < -0.4 is 19.9 Å². The number of fused-ring (bicyclic) bond motifs is 2. The summed E-state index contributed by atoms with van der Waals surface area (Å²) in [6, 6.07) is 14.1. The molecule has 0 fully saturated rings. The van der Waals surface area contributed by atoms with Crippen LogP contribution >= 0.6 is 11.6 Å². The third kappa shape index (κ3) is 3.81. The first kappa shape index (κ1) is 20.7. The lowest BCUT2D eigenvalue weighted by atomic mass is 10.0. The van der Waals surface area contributed by atoms with E-state index in [0.717, 1.165) is 10.8 Å². The van der Waals surface area contributed by atoms with Gasteiger partial charge in [0, 0.05) is 23.2 Å². The average Bonchev–Trinajstić information content (AvgIpc) is 2.77. The summed E-state index contributed by atoms with van der Waals surface area (Å²) in [5.74, 6) is 1.01. The number of halogens is 1. The molecular formula is C23H19ClN2O5. The van der Waals surface area contributed by atoms with Crippen molar-refractivity contribution >= 4 is 39.2 Å². The highest BCUT2D eigenvalue weighted by atomic mass is 35.5. The molecule has 0 saturated heterocycles. The first-order valence-corrected chi connectivity index (χ1v) is 9.73. The number of hydrogen-bond acceptors (Lipinski definition) is 6. The highest BCUT2D eigenvalue weighted by Gasteiger charge is 2.19. The van der Waals surface area contributed by atoms with E-state index < -0.39 is 11.5 Å². The second-order valence-corrected chi connectivity index (χ2v) is 7.17. The molecule has 0 spiro atoms. The maximum absolute atomic E-state index is 12.1. The fraction of sp³-hybridized carbons (Fsp3) is 0.130. The van der Waals surface area contributed by atoms with Gasteiger partial charge in [-0.1, -0.05) is 35.9 Å². The maximum Gasteiger partial charge on any atom is 0.254 e. The number of rotatable bonds is 6. The molecule has 3 N–H and O–H groups in total. The van der Waals surface area contributed by atoms with E-state index in [-0.39, 0.29) is 11.3 Å². The van der Waals surface area contributed by atoms with Gasteiger partial charge >= 0.3 is 0 Å². The van der Waals surface area contributed by atoms with Crippen LogP contribution in [0.15, 0.2) is 54.7 Å². The van der Waals surface area contributed by atoms with Crippen molar-refractivity contribution in [2.75, 3.05) is 14.2 Å². The van der Waals surface area contributed by atoms with E-state index in [1.54, 1.807) is 42.5 Å². The Bertz CT molecular complexity index is 1310. The zero-order valence-electron chi connectivity index (χ0n) is 16.8. The van der Waals surface area contributed by atoms with Crippen LogP contribution in [0.5, 0.6) is 23.0 Å². The summed E-state index contributed by atoms with van der Waals surface area (Å²) in [6.45, 7) is 0. The molecular weight excluding hydrogens is 420 g/mol. The number of nitrogens with two attached hydrogens (primary N) is 1. The summed E-state index contributed by atoms with van der Waals surface area (Å²) in [7, 11) is 3.04. The third-order valence-electron chi connectivity index (χ3n) is 4.95. The molecule has 0 aliphatic heterocycles. The number of ether oxygens (including phenoxy) is 3. The number of alkyl halides is 1. The number of hydrogen-bond donors (Lipinski definition) is 2. The molecule has 4 aromatic rings. The Labute approximate surface area is 182 Å². The molecule has 1 atom stereocenters. The molecule has 7 nitrogen and oxygen atoms in total. The Balaban J connectivity index is 1.88. The van der Waals surface area contributed by atoms with Gasteiger partial charge in [0.1, 0.15) is 11.3 Å². The van der Waals surface area contributed by atoms with E-state index in [1.807, 2.05) is 6.07 Å². The van der Waals surface area contributed by atoms with Crippen molar-refractivity contribution in [3.63, 3.8) is 0 Å². The fourth-order valence-electron chi connectivity index (χ4n) is 3.46. The van der Waals surface area contributed by atoms with Gasteiger partial charge < -0.3 is 25.1 Å². The maximum atomic E-state index is 12.1. The van der Waals surface area contributed by atoms with E-state index in [1.165, 1.54) is 20.4 Å². The Morgan fingerprint density at radius 3 is 2.48 bits per heavy atom. The van der Waals surface area contributed by atoms with Crippen molar-refractivity contribution in [3.05, 3.63) is 65.9 Å². The van der Waals surface area contributed by atoms with Crippen LogP contribution in [0, 0.1) is 0 Å². The minimum atomic E-state index is -1.12. The summed E-state index contributed by atoms with van der Waals surface area (Å²) in [5.41, 5.74) is 5.72. The first-order chi connectivity index (χ1) is 14.9. The number of carbonyl (C=O) groups excluding carboxylic acids is 1. The summed E-state index contributed by atoms with van der Waals surface area (Å²) < 4.78 is 16.8. The molecule has 3 aromatic carbocycles. The SMILES string of the molecule is COc1cc2ncc(C(N)=O)c(Oc3ccc4c(C(O)Cl)cccc4c3)c2cc1OC. The van der Waals surface area contributed by atoms with E-state index in [0.29, 0.717) is 33.7 Å². The molecule has 8 heteroatoms. The summed E-state index contributed by atoms with van der Waals surface area (Å²) in [6.07, 6.45) is 1.37. The van der Waals surface area contributed by atoms with Crippen LogP contribution in [0.2, 0.25) is 0 Å². The molecule has 0 aliphatic rings. The molecule has 0 saturated carbocycles. The zero-order chi connectivity index (χ0) is 22.1. The van der Waals surface area contributed by atoms with Crippen molar-refractivity contribution in [3.8, 4) is 23.0 Å². The largest absolute Gasteiger partial charge is 0.493 e. The minimum absolute atomic E-state index is 0.129. The highest BCUT2D eigenvalue weighted by Crippen LogP contribution is 2.39. The quantitative estimate of drug-likeness (QED) is 0.429. The van der Waals surface area contributed by atoms with Gasteiger partial charge in [-0.05, 0) is 29.0 Å². The van der Waals surface area contributed by atoms with E-state index in [2.05, 4.69) is 4.98 Å². The number of aliphatic hydroxyl groups excluding tert-OH is 1. The fourth-order valence-corrected chi connectivity index (χ4v) is 3.65. The number of benzene rings is 3. The Kier molecular flexibility index (Phi) is 5.54. The van der Waals surface area contributed by atoms with Gasteiger partial charge in [-0.25, -0.2) is 0 Å².